The third-order valence-electron chi connectivity index (χ3n) is 5.04. The van der Waals surface area contributed by atoms with Crippen molar-refractivity contribution >= 4 is 46.2 Å². The summed E-state index contributed by atoms with van der Waals surface area (Å²) in [5.41, 5.74) is 3.81. The van der Waals surface area contributed by atoms with Crippen LogP contribution in [0.25, 0.3) is 6.08 Å². The minimum Gasteiger partial charge on any atom is -0.493 e. The number of ether oxygens (including phenoxy) is 2. The molecule has 1 aliphatic heterocycles. The Morgan fingerprint density at radius 3 is 2.74 bits per heavy atom. The van der Waals surface area contributed by atoms with Crippen molar-refractivity contribution in [3.63, 3.8) is 0 Å². The van der Waals surface area contributed by atoms with E-state index in [1.54, 1.807) is 37.5 Å². The van der Waals surface area contributed by atoms with Gasteiger partial charge in [0.15, 0.2) is 16.7 Å². The van der Waals surface area contributed by atoms with Gasteiger partial charge in [0.25, 0.3) is 5.91 Å². The highest BCUT2D eigenvalue weighted by Crippen LogP contribution is 2.33. The number of nitriles is 1. The lowest BCUT2D eigenvalue weighted by atomic mass is 10.1. The number of aliphatic imine (C=N–C) groups is 1. The number of halogens is 1. The lowest BCUT2D eigenvalue weighted by Gasteiger charge is -2.12. The molecule has 1 fully saturated rings. The third-order valence-corrected chi connectivity index (χ3v) is 6.18. The van der Waals surface area contributed by atoms with E-state index in [4.69, 9.17) is 21.1 Å². The van der Waals surface area contributed by atoms with Crippen LogP contribution in [0.5, 0.6) is 11.5 Å². The summed E-state index contributed by atoms with van der Waals surface area (Å²) in [7, 11) is 1.55. The summed E-state index contributed by atoms with van der Waals surface area (Å²) in [6.07, 6.45) is 1.77. The van der Waals surface area contributed by atoms with Crippen molar-refractivity contribution in [1.82, 2.24) is 5.32 Å². The Morgan fingerprint density at radius 2 is 1.97 bits per heavy atom. The summed E-state index contributed by atoms with van der Waals surface area (Å²) in [5.74, 6) is 0.849. The smallest absolute Gasteiger partial charge is 0.264 e. The standard InChI is InChI=1S/C26H20ClN3O3S/c1-16-11-20(27)8-9-21(16)29-26-30-25(31)24(34-26)13-17-7-10-22(23(12-17)32-2)33-15-19-6-4-3-5-18(19)14-28/h3-13H,15H2,1-2H3,(H,29,30,31)/b24-13-. The number of amides is 1. The van der Waals surface area contributed by atoms with Crippen molar-refractivity contribution in [3.05, 3.63) is 92.8 Å². The molecule has 0 atom stereocenters. The van der Waals surface area contributed by atoms with Crippen LogP contribution in [-0.2, 0) is 11.4 Å². The largest absolute Gasteiger partial charge is 0.493 e. The normalized spacial score (nSPS) is 15.3. The molecule has 1 aliphatic rings. The number of nitrogens with zero attached hydrogens (tertiary/aromatic N) is 2. The van der Waals surface area contributed by atoms with Crippen LogP contribution in [-0.4, -0.2) is 18.2 Å². The summed E-state index contributed by atoms with van der Waals surface area (Å²) in [6, 6.07) is 20.3. The summed E-state index contributed by atoms with van der Waals surface area (Å²) >= 11 is 7.27. The third kappa shape index (κ3) is 5.42. The van der Waals surface area contributed by atoms with Gasteiger partial charge in [-0.1, -0.05) is 35.9 Å². The van der Waals surface area contributed by atoms with E-state index in [9.17, 15) is 10.1 Å². The number of rotatable bonds is 6. The minimum absolute atomic E-state index is 0.220. The summed E-state index contributed by atoms with van der Waals surface area (Å²) in [5, 5.41) is 13.2. The predicted molar refractivity (Wildman–Crippen MR) is 135 cm³/mol. The predicted octanol–water partition coefficient (Wildman–Crippen LogP) is 6.00. The second-order valence-electron chi connectivity index (χ2n) is 7.38. The van der Waals surface area contributed by atoms with Gasteiger partial charge in [-0.25, -0.2) is 4.99 Å². The molecule has 1 heterocycles. The first-order valence-corrected chi connectivity index (χ1v) is 11.5. The average molecular weight is 490 g/mol. The van der Waals surface area contributed by atoms with E-state index < -0.39 is 0 Å². The highest BCUT2D eigenvalue weighted by atomic mass is 35.5. The zero-order chi connectivity index (χ0) is 24.1. The van der Waals surface area contributed by atoms with Gasteiger partial charge in [-0.05, 0) is 72.3 Å². The fourth-order valence-corrected chi connectivity index (χ4v) is 4.35. The zero-order valence-electron chi connectivity index (χ0n) is 18.5. The number of carbonyl (C=O) groups excluding carboxylic acids is 1. The Labute approximate surface area is 206 Å². The van der Waals surface area contributed by atoms with Crippen molar-refractivity contribution in [2.24, 2.45) is 4.99 Å². The molecule has 34 heavy (non-hydrogen) atoms. The minimum atomic E-state index is -0.220. The van der Waals surface area contributed by atoms with Gasteiger partial charge >= 0.3 is 0 Å². The van der Waals surface area contributed by atoms with Crippen molar-refractivity contribution < 1.29 is 14.3 Å². The van der Waals surface area contributed by atoms with E-state index in [0.29, 0.717) is 32.2 Å². The lowest BCUT2D eigenvalue weighted by molar-refractivity contribution is -0.115. The molecule has 0 saturated carbocycles. The number of thioether (sulfide) groups is 1. The number of methoxy groups -OCH3 is 1. The molecule has 0 bridgehead atoms. The molecule has 8 heteroatoms. The molecule has 1 saturated heterocycles. The van der Waals surface area contributed by atoms with Gasteiger partial charge in [-0.3, -0.25) is 4.79 Å². The Hall–Kier alpha value is -3.73. The molecule has 3 aromatic rings. The van der Waals surface area contributed by atoms with Crippen LogP contribution >= 0.6 is 23.4 Å². The maximum Gasteiger partial charge on any atom is 0.264 e. The van der Waals surface area contributed by atoms with Crippen molar-refractivity contribution in [2.75, 3.05) is 7.11 Å². The molecule has 0 radical (unpaired) electrons. The molecule has 1 amide bonds. The topological polar surface area (TPSA) is 83.7 Å². The summed E-state index contributed by atoms with van der Waals surface area (Å²) in [6.45, 7) is 2.15. The second-order valence-corrected chi connectivity index (χ2v) is 8.85. The molecule has 0 aromatic heterocycles. The Balaban J connectivity index is 1.51. The van der Waals surface area contributed by atoms with Gasteiger partial charge in [-0.2, -0.15) is 5.26 Å². The molecule has 170 valence electrons. The number of hydrogen-bond acceptors (Lipinski definition) is 6. The van der Waals surface area contributed by atoms with Crippen LogP contribution < -0.4 is 14.8 Å². The number of benzene rings is 3. The molecule has 6 nitrogen and oxygen atoms in total. The molecular weight excluding hydrogens is 470 g/mol. The van der Waals surface area contributed by atoms with Crippen LogP contribution in [0, 0.1) is 18.3 Å². The van der Waals surface area contributed by atoms with Crippen LogP contribution in [0.15, 0.2) is 70.6 Å². The fraction of sp³-hybridized carbons (Fsp3) is 0.115. The van der Waals surface area contributed by atoms with Crippen LogP contribution in [0.3, 0.4) is 0 Å². The number of hydrogen-bond donors (Lipinski definition) is 1. The molecule has 1 N–H and O–H groups in total. The highest BCUT2D eigenvalue weighted by molar-refractivity contribution is 8.18. The first-order valence-electron chi connectivity index (χ1n) is 10.3. The molecule has 0 unspecified atom stereocenters. The van der Waals surface area contributed by atoms with Crippen LogP contribution in [0.2, 0.25) is 5.02 Å². The molecule has 3 aromatic carbocycles. The van der Waals surface area contributed by atoms with Crippen LogP contribution in [0.1, 0.15) is 22.3 Å². The van der Waals surface area contributed by atoms with Crippen molar-refractivity contribution in [3.8, 4) is 17.6 Å². The molecule has 0 aliphatic carbocycles. The summed E-state index contributed by atoms with van der Waals surface area (Å²) < 4.78 is 11.4. The SMILES string of the molecule is COc1cc(/C=C2\SC(=Nc3ccc(Cl)cc3C)NC2=O)ccc1OCc1ccccc1C#N. The van der Waals surface area contributed by atoms with Crippen molar-refractivity contribution in [2.45, 2.75) is 13.5 Å². The fourth-order valence-electron chi connectivity index (χ4n) is 3.29. The Kier molecular flexibility index (Phi) is 7.21. The maximum absolute atomic E-state index is 12.5. The lowest BCUT2D eigenvalue weighted by Crippen LogP contribution is -2.19. The Bertz CT molecular complexity index is 1360. The maximum atomic E-state index is 12.5. The van der Waals surface area contributed by atoms with E-state index in [-0.39, 0.29) is 12.5 Å². The number of carbonyl (C=O) groups is 1. The second kappa shape index (κ2) is 10.5. The van der Waals surface area contributed by atoms with Gasteiger partial charge < -0.3 is 14.8 Å². The van der Waals surface area contributed by atoms with E-state index in [0.717, 1.165) is 22.4 Å². The van der Waals surface area contributed by atoms with E-state index in [1.807, 2.05) is 43.3 Å². The average Bonchev–Trinajstić information content (AvgIpc) is 3.18. The first kappa shape index (κ1) is 23.4. The van der Waals surface area contributed by atoms with E-state index in [2.05, 4.69) is 16.4 Å². The van der Waals surface area contributed by atoms with E-state index >= 15 is 0 Å². The quantitative estimate of drug-likeness (QED) is 0.429. The highest BCUT2D eigenvalue weighted by Gasteiger charge is 2.24. The van der Waals surface area contributed by atoms with Crippen LogP contribution in [0.4, 0.5) is 5.69 Å². The first-order chi connectivity index (χ1) is 16.5. The summed E-state index contributed by atoms with van der Waals surface area (Å²) in [4.78, 5) is 17.5. The van der Waals surface area contributed by atoms with E-state index in [1.165, 1.54) is 11.8 Å². The number of nitrogens with one attached hydrogen (secondary N) is 1. The monoisotopic (exact) mass is 489 g/mol. The molecule has 0 spiro atoms. The van der Waals surface area contributed by atoms with Gasteiger partial charge in [0.05, 0.1) is 29.3 Å². The number of amidine groups is 1. The zero-order valence-corrected chi connectivity index (χ0v) is 20.0. The van der Waals surface area contributed by atoms with Gasteiger partial charge in [-0.15, -0.1) is 0 Å². The molecular formula is C26H20ClN3O3S. The van der Waals surface area contributed by atoms with Gasteiger partial charge in [0.1, 0.15) is 6.61 Å². The molecule has 4 rings (SSSR count). The number of aryl methyl sites for hydroxylation is 1. The van der Waals surface area contributed by atoms with Gasteiger partial charge in [0.2, 0.25) is 0 Å². The van der Waals surface area contributed by atoms with Gasteiger partial charge in [0, 0.05) is 10.6 Å². The Morgan fingerprint density at radius 1 is 1.15 bits per heavy atom. The van der Waals surface area contributed by atoms with Crippen molar-refractivity contribution in [1.29, 1.82) is 5.26 Å².